The Morgan fingerprint density at radius 1 is 0.913 bits per heavy atom. The van der Waals surface area contributed by atoms with E-state index in [-0.39, 0.29) is 11.8 Å². The number of carbonyl (C=O) groups excluding carboxylic acids is 2. The van der Waals surface area contributed by atoms with Gasteiger partial charge in [-0.3, -0.25) is 9.59 Å². The first-order valence-electron chi connectivity index (χ1n) is 8.73. The van der Waals surface area contributed by atoms with Gasteiger partial charge in [0, 0.05) is 25.3 Å². The summed E-state index contributed by atoms with van der Waals surface area (Å²) >= 11 is 0. The average Bonchev–Trinajstić information content (AvgIpc) is 2.52. The first-order chi connectivity index (χ1) is 11.0. The predicted octanol–water partition coefficient (Wildman–Crippen LogP) is 3.06. The largest absolute Gasteiger partial charge is 0.332 e. The molecule has 23 heavy (non-hydrogen) atoms. The zero-order valence-corrected chi connectivity index (χ0v) is 14.2. The Morgan fingerprint density at radius 2 is 1.57 bits per heavy atom. The van der Waals surface area contributed by atoms with Crippen LogP contribution in [0.1, 0.15) is 43.2 Å². The zero-order chi connectivity index (χ0) is 16.4. The van der Waals surface area contributed by atoms with Crippen LogP contribution in [0.2, 0.25) is 0 Å². The molecule has 0 N–H and O–H groups in total. The molecule has 1 aliphatic heterocycles. The van der Waals surface area contributed by atoms with Crippen LogP contribution >= 0.6 is 0 Å². The third kappa shape index (κ3) is 3.57. The Bertz CT molecular complexity index is 585. The molecule has 1 saturated heterocycles. The fraction of sp³-hybridized carbons (Fsp3) is 0.579. The lowest BCUT2D eigenvalue weighted by molar-refractivity contribution is -0.146. The number of amides is 2. The minimum atomic E-state index is -0.378. The second-order valence-corrected chi connectivity index (χ2v) is 7.06. The van der Waals surface area contributed by atoms with Gasteiger partial charge in [0.15, 0.2) is 0 Å². The van der Waals surface area contributed by atoms with E-state index in [1.54, 1.807) is 9.80 Å². The summed E-state index contributed by atoms with van der Waals surface area (Å²) in [6.07, 6.45) is 6.21. The van der Waals surface area contributed by atoms with Crippen LogP contribution in [-0.2, 0) is 9.59 Å². The van der Waals surface area contributed by atoms with Gasteiger partial charge in [-0.25, -0.2) is 0 Å². The van der Waals surface area contributed by atoms with E-state index in [1.807, 2.05) is 26.0 Å². The molecular weight excluding hydrogens is 288 g/mol. The van der Waals surface area contributed by atoms with Crippen molar-refractivity contribution >= 4 is 17.5 Å². The summed E-state index contributed by atoms with van der Waals surface area (Å²) in [7, 11) is 0. The third-order valence-corrected chi connectivity index (χ3v) is 5.03. The molecule has 0 aromatic heterocycles. The predicted molar refractivity (Wildman–Crippen MR) is 91.4 cm³/mol. The molecule has 4 heteroatoms. The topological polar surface area (TPSA) is 40.6 Å². The number of anilines is 1. The van der Waals surface area contributed by atoms with E-state index >= 15 is 0 Å². The molecular formula is C19H26N2O2. The van der Waals surface area contributed by atoms with E-state index in [0.29, 0.717) is 19.0 Å². The molecule has 0 radical (unpaired) electrons. The molecule has 1 heterocycles. The maximum atomic E-state index is 12.5. The highest BCUT2D eigenvalue weighted by Crippen LogP contribution is 2.26. The Morgan fingerprint density at radius 3 is 2.22 bits per heavy atom. The van der Waals surface area contributed by atoms with Crippen LogP contribution < -0.4 is 4.90 Å². The Hall–Kier alpha value is -1.84. The first-order valence-corrected chi connectivity index (χ1v) is 8.73. The molecule has 1 saturated carbocycles. The van der Waals surface area contributed by atoms with Gasteiger partial charge in [-0.1, -0.05) is 25.3 Å². The van der Waals surface area contributed by atoms with Gasteiger partial charge in [-0.2, -0.15) is 0 Å². The molecule has 0 atom stereocenters. The Labute approximate surface area is 138 Å². The van der Waals surface area contributed by atoms with Crippen molar-refractivity contribution in [1.82, 2.24) is 4.90 Å². The molecule has 4 nitrogen and oxygen atoms in total. The average molecular weight is 314 g/mol. The number of piperazine rings is 1. The van der Waals surface area contributed by atoms with Gasteiger partial charge < -0.3 is 9.80 Å². The van der Waals surface area contributed by atoms with Crippen molar-refractivity contribution in [2.24, 2.45) is 5.92 Å². The molecule has 0 bridgehead atoms. The van der Waals surface area contributed by atoms with Gasteiger partial charge in [0.05, 0.1) is 0 Å². The summed E-state index contributed by atoms with van der Waals surface area (Å²) < 4.78 is 0. The quantitative estimate of drug-likeness (QED) is 0.805. The summed E-state index contributed by atoms with van der Waals surface area (Å²) in [5, 5.41) is 0. The fourth-order valence-corrected chi connectivity index (χ4v) is 3.88. The summed E-state index contributed by atoms with van der Waals surface area (Å²) in [6.45, 7) is 6.03. The second-order valence-electron chi connectivity index (χ2n) is 7.06. The molecule has 0 unspecified atom stereocenters. The minimum Gasteiger partial charge on any atom is -0.332 e. The van der Waals surface area contributed by atoms with Gasteiger partial charge in [-0.05, 0) is 55.9 Å². The van der Waals surface area contributed by atoms with Gasteiger partial charge in [0.1, 0.15) is 0 Å². The maximum Gasteiger partial charge on any atom is 0.316 e. The van der Waals surface area contributed by atoms with Crippen molar-refractivity contribution in [3.8, 4) is 0 Å². The van der Waals surface area contributed by atoms with Crippen LogP contribution in [0.25, 0.3) is 0 Å². The van der Waals surface area contributed by atoms with Gasteiger partial charge in [0.2, 0.25) is 0 Å². The monoisotopic (exact) mass is 314 g/mol. The number of nitrogens with zero attached hydrogens (tertiary/aromatic N) is 2. The lowest BCUT2D eigenvalue weighted by atomic mass is 9.89. The van der Waals surface area contributed by atoms with E-state index in [4.69, 9.17) is 0 Å². The summed E-state index contributed by atoms with van der Waals surface area (Å²) in [4.78, 5) is 28.4. The highest BCUT2D eigenvalue weighted by Gasteiger charge is 2.34. The number of carbonyl (C=O) groups is 2. The number of benzene rings is 1. The molecule has 1 aromatic rings. The normalized spacial score (nSPS) is 20.3. The third-order valence-electron chi connectivity index (χ3n) is 5.03. The van der Waals surface area contributed by atoms with Crippen LogP contribution in [0.3, 0.4) is 0 Å². The van der Waals surface area contributed by atoms with Gasteiger partial charge in [-0.15, -0.1) is 0 Å². The number of rotatable bonds is 3. The van der Waals surface area contributed by atoms with Crippen molar-refractivity contribution < 1.29 is 9.59 Å². The highest BCUT2D eigenvalue weighted by atomic mass is 16.2. The summed E-state index contributed by atoms with van der Waals surface area (Å²) in [5.74, 6) is -0.133. The van der Waals surface area contributed by atoms with Crippen LogP contribution in [0.4, 0.5) is 5.69 Å². The van der Waals surface area contributed by atoms with E-state index < -0.39 is 0 Å². The van der Waals surface area contributed by atoms with Gasteiger partial charge >= 0.3 is 11.8 Å². The molecule has 0 spiro atoms. The number of aryl methyl sites for hydroxylation is 2. The zero-order valence-electron chi connectivity index (χ0n) is 14.2. The van der Waals surface area contributed by atoms with E-state index in [9.17, 15) is 9.59 Å². The number of hydrogen-bond acceptors (Lipinski definition) is 2. The van der Waals surface area contributed by atoms with Crippen molar-refractivity contribution in [3.05, 3.63) is 29.3 Å². The van der Waals surface area contributed by atoms with Crippen LogP contribution in [-0.4, -0.2) is 36.3 Å². The van der Waals surface area contributed by atoms with Crippen LogP contribution in [0.15, 0.2) is 18.2 Å². The molecule has 1 aromatic carbocycles. The Balaban J connectivity index is 1.69. The van der Waals surface area contributed by atoms with Crippen LogP contribution in [0, 0.1) is 19.8 Å². The number of hydrogen-bond donors (Lipinski definition) is 0. The highest BCUT2D eigenvalue weighted by molar-refractivity contribution is 6.41. The maximum absolute atomic E-state index is 12.5. The second kappa shape index (κ2) is 6.73. The molecule has 2 aliphatic rings. The fourth-order valence-electron chi connectivity index (χ4n) is 3.88. The van der Waals surface area contributed by atoms with Crippen molar-refractivity contribution in [1.29, 1.82) is 0 Å². The SMILES string of the molecule is Cc1cc(C)cc(N2CCN(CC3CCCCC3)C(=O)C2=O)c1. The van der Waals surface area contributed by atoms with E-state index in [0.717, 1.165) is 23.4 Å². The van der Waals surface area contributed by atoms with Crippen molar-refractivity contribution in [2.75, 3.05) is 24.5 Å². The summed E-state index contributed by atoms with van der Waals surface area (Å²) in [5.41, 5.74) is 3.08. The smallest absolute Gasteiger partial charge is 0.316 e. The van der Waals surface area contributed by atoms with Crippen molar-refractivity contribution in [2.45, 2.75) is 46.0 Å². The first kappa shape index (κ1) is 16.0. The van der Waals surface area contributed by atoms with Crippen molar-refractivity contribution in [3.63, 3.8) is 0 Å². The lowest BCUT2D eigenvalue weighted by Crippen LogP contribution is -2.55. The molecule has 3 rings (SSSR count). The van der Waals surface area contributed by atoms with E-state index in [2.05, 4.69) is 6.07 Å². The summed E-state index contributed by atoms with van der Waals surface area (Å²) in [6, 6.07) is 6.04. The van der Waals surface area contributed by atoms with Crippen LogP contribution in [0.5, 0.6) is 0 Å². The minimum absolute atomic E-state index is 0.332. The van der Waals surface area contributed by atoms with Gasteiger partial charge in [0.25, 0.3) is 0 Å². The Kier molecular flexibility index (Phi) is 4.69. The molecule has 1 aliphatic carbocycles. The molecule has 2 amide bonds. The molecule has 124 valence electrons. The van der Waals surface area contributed by atoms with E-state index in [1.165, 1.54) is 32.1 Å². The lowest BCUT2D eigenvalue weighted by Gasteiger charge is -2.36. The molecule has 2 fully saturated rings. The standard InChI is InChI=1S/C19H26N2O2/c1-14-10-15(2)12-17(11-14)21-9-8-20(18(22)19(21)23)13-16-6-4-3-5-7-16/h10-12,16H,3-9,13H2,1-2H3.